The molecule has 138 valence electrons. The molecule has 1 spiro atoms. The molecule has 1 aromatic carbocycles. The van der Waals surface area contributed by atoms with E-state index >= 15 is 0 Å². The van der Waals surface area contributed by atoms with E-state index in [0.717, 1.165) is 25.8 Å². The smallest absolute Gasteiger partial charge is 0.407 e. The van der Waals surface area contributed by atoms with E-state index in [2.05, 4.69) is 54.4 Å². The Bertz CT molecular complexity index is 542. The summed E-state index contributed by atoms with van der Waals surface area (Å²) in [7, 11) is 0. The Morgan fingerprint density at radius 2 is 1.92 bits per heavy atom. The van der Waals surface area contributed by atoms with Crippen LogP contribution in [-0.4, -0.2) is 43.3 Å². The fourth-order valence-corrected chi connectivity index (χ4v) is 4.13. The van der Waals surface area contributed by atoms with Crippen LogP contribution in [0.1, 0.15) is 45.1 Å². The number of hydrogen-bond acceptors (Lipinski definition) is 3. The monoisotopic (exact) mass is 344 g/mol. The van der Waals surface area contributed by atoms with Crippen LogP contribution in [0.15, 0.2) is 30.3 Å². The summed E-state index contributed by atoms with van der Waals surface area (Å²) < 4.78 is 5.22. The fourth-order valence-electron chi connectivity index (χ4n) is 4.13. The summed E-state index contributed by atoms with van der Waals surface area (Å²) in [5, 5.41) is 3.03. The number of rotatable bonds is 6. The quantitative estimate of drug-likeness (QED) is 0.852. The van der Waals surface area contributed by atoms with Crippen molar-refractivity contribution in [2.45, 2.75) is 52.0 Å². The summed E-state index contributed by atoms with van der Waals surface area (Å²) in [6.07, 6.45) is 5.67. The van der Waals surface area contributed by atoms with E-state index in [1.165, 1.54) is 31.5 Å². The van der Waals surface area contributed by atoms with Crippen molar-refractivity contribution in [2.24, 2.45) is 11.3 Å². The third kappa shape index (κ3) is 5.21. The van der Waals surface area contributed by atoms with Gasteiger partial charge in [0.05, 0.1) is 6.61 Å². The molecule has 0 unspecified atom stereocenters. The second kappa shape index (κ2) is 8.22. The lowest BCUT2D eigenvalue weighted by Gasteiger charge is -2.52. The van der Waals surface area contributed by atoms with Gasteiger partial charge >= 0.3 is 6.09 Å². The average molecular weight is 344 g/mol. The van der Waals surface area contributed by atoms with Gasteiger partial charge in [0.1, 0.15) is 0 Å². The largest absolute Gasteiger partial charge is 0.449 e. The van der Waals surface area contributed by atoms with Gasteiger partial charge in [-0.15, -0.1) is 0 Å². The van der Waals surface area contributed by atoms with Gasteiger partial charge in [0, 0.05) is 12.6 Å². The van der Waals surface area contributed by atoms with E-state index in [1.54, 1.807) is 0 Å². The minimum absolute atomic E-state index is 0.242. The standard InChI is InChI=1S/C21H32N2O2/c1-17(2)16-25-20(24)22-19-14-21(15-19)9-12-23(13-10-21)11-8-18-6-4-3-5-7-18/h3-7,17,19H,8-16H2,1-2H3,(H,22,24). The molecule has 0 aromatic heterocycles. The Morgan fingerprint density at radius 1 is 1.24 bits per heavy atom. The van der Waals surface area contributed by atoms with Crippen LogP contribution in [0.3, 0.4) is 0 Å². The third-order valence-electron chi connectivity index (χ3n) is 5.70. The molecule has 0 radical (unpaired) electrons. The minimum atomic E-state index is -0.242. The van der Waals surface area contributed by atoms with Gasteiger partial charge in [-0.3, -0.25) is 0 Å². The number of nitrogens with one attached hydrogen (secondary N) is 1. The number of alkyl carbamates (subject to hydrolysis) is 1. The number of ether oxygens (including phenoxy) is 1. The van der Waals surface area contributed by atoms with Crippen LogP contribution in [0.5, 0.6) is 0 Å². The molecule has 1 aliphatic heterocycles. The van der Waals surface area contributed by atoms with E-state index in [9.17, 15) is 4.79 Å². The highest BCUT2D eigenvalue weighted by atomic mass is 16.5. The molecule has 25 heavy (non-hydrogen) atoms. The molecule has 3 rings (SSSR count). The van der Waals surface area contributed by atoms with Crippen LogP contribution in [0.2, 0.25) is 0 Å². The van der Waals surface area contributed by atoms with Gasteiger partial charge in [-0.25, -0.2) is 4.79 Å². The van der Waals surface area contributed by atoms with Gasteiger partial charge in [0.2, 0.25) is 0 Å². The van der Waals surface area contributed by atoms with Crippen molar-refractivity contribution in [3.05, 3.63) is 35.9 Å². The van der Waals surface area contributed by atoms with Crippen molar-refractivity contribution in [3.8, 4) is 0 Å². The highest BCUT2D eigenvalue weighted by Gasteiger charge is 2.46. The zero-order chi connectivity index (χ0) is 17.7. The molecular formula is C21H32N2O2. The van der Waals surface area contributed by atoms with Gasteiger partial charge < -0.3 is 15.0 Å². The van der Waals surface area contributed by atoms with Crippen molar-refractivity contribution in [1.82, 2.24) is 10.2 Å². The van der Waals surface area contributed by atoms with Crippen molar-refractivity contribution >= 4 is 6.09 Å². The maximum Gasteiger partial charge on any atom is 0.407 e. The van der Waals surface area contributed by atoms with Crippen LogP contribution in [0, 0.1) is 11.3 Å². The summed E-state index contributed by atoms with van der Waals surface area (Å²) in [5.74, 6) is 0.388. The molecule has 4 heteroatoms. The van der Waals surface area contributed by atoms with Gasteiger partial charge in [-0.05, 0) is 62.1 Å². The second-order valence-corrected chi connectivity index (χ2v) is 8.32. The lowest BCUT2D eigenvalue weighted by Crippen LogP contribution is -2.55. The summed E-state index contributed by atoms with van der Waals surface area (Å²) in [6.45, 7) is 8.15. The Labute approximate surface area is 151 Å². The van der Waals surface area contributed by atoms with Crippen molar-refractivity contribution in [3.63, 3.8) is 0 Å². The molecule has 0 bridgehead atoms. The molecule has 1 N–H and O–H groups in total. The molecule has 4 nitrogen and oxygen atoms in total. The molecule has 0 atom stereocenters. The molecule has 1 amide bonds. The van der Waals surface area contributed by atoms with Crippen molar-refractivity contribution < 1.29 is 9.53 Å². The van der Waals surface area contributed by atoms with E-state index < -0.39 is 0 Å². The summed E-state index contributed by atoms with van der Waals surface area (Å²) in [4.78, 5) is 14.3. The van der Waals surface area contributed by atoms with Gasteiger partial charge in [0.25, 0.3) is 0 Å². The van der Waals surface area contributed by atoms with E-state index in [0.29, 0.717) is 24.0 Å². The number of piperidine rings is 1. The number of carbonyl (C=O) groups excluding carboxylic acids is 1. The first-order chi connectivity index (χ1) is 12.0. The first kappa shape index (κ1) is 18.2. The number of carbonyl (C=O) groups is 1. The SMILES string of the molecule is CC(C)COC(=O)NC1CC2(CCN(CCc3ccccc3)CC2)C1. The number of benzene rings is 1. The fraction of sp³-hybridized carbons (Fsp3) is 0.667. The van der Waals surface area contributed by atoms with Crippen molar-refractivity contribution in [1.29, 1.82) is 0 Å². The zero-order valence-electron chi connectivity index (χ0n) is 15.7. The Hall–Kier alpha value is -1.55. The first-order valence-electron chi connectivity index (χ1n) is 9.74. The third-order valence-corrected chi connectivity index (χ3v) is 5.70. The number of likely N-dealkylation sites (tertiary alicyclic amines) is 1. The van der Waals surface area contributed by atoms with Gasteiger partial charge in [-0.1, -0.05) is 44.2 Å². The van der Waals surface area contributed by atoms with E-state index in [1.807, 2.05) is 0 Å². The van der Waals surface area contributed by atoms with Gasteiger partial charge in [0.15, 0.2) is 0 Å². The van der Waals surface area contributed by atoms with E-state index in [4.69, 9.17) is 4.74 Å². The lowest BCUT2D eigenvalue weighted by molar-refractivity contribution is 0.00548. The van der Waals surface area contributed by atoms with Crippen molar-refractivity contribution in [2.75, 3.05) is 26.2 Å². The predicted molar refractivity (Wildman–Crippen MR) is 101 cm³/mol. The second-order valence-electron chi connectivity index (χ2n) is 8.32. The summed E-state index contributed by atoms with van der Waals surface area (Å²) >= 11 is 0. The maximum atomic E-state index is 11.8. The minimum Gasteiger partial charge on any atom is -0.449 e. The highest BCUT2D eigenvalue weighted by molar-refractivity contribution is 5.67. The Kier molecular flexibility index (Phi) is 6.00. The lowest BCUT2D eigenvalue weighted by atomic mass is 9.60. The Morgan fingerprint density at radius 3 is 2.56 bits per heavy atom. The number of amides is 1. The number of nitrogens with zero attached hydrogens (tertiary/aromatic N) is 1. The molecule has 1 heterocycles. The molecule has 1 saturated carbocycles. The van der Waals surface area contributed by atoms with Crippen LogP contribution in [-0.2, 0) is 11.2 Å². The summed E-state index contributed by atoms with van der Waals surface area (Å²) in [5.41, 5.74) is 1.90. The zero-order valence-corrected chi connectivity index (χ0v) is 15.7. The molecule has 2 aliphatic rings. The van der Waals surface area contributed by atoms with Crippen LogP contribution >= 0.6 is 0 Å². The topological polar surface area (TPSA) is 41.6 Å². The van der Waals surface area contributed by atoms with Crippen LogP contribution in [0.25, 0.3) is 0 Å². The molecule has 1 aliphatic carbocycles. The predicted octanol–water partition coefficient (Wildman–Crippen LogP) is 3.86. The highest BCUT2D eigenvalue weighted by Crippen LogP contribution is 2.49. The van der Waals surface area contributed by atoms with Gasteiger partial charge in [-0.2, -0.15) is 0 Å². The van der Waals surface area contributed by atoms with Crippen LogP contribution in [0.4, 0.5) is 4.79 Å². The van der Waals surface area contributed by atoms with Crippen LogP contribution < -0.4 is 5.32 Å². The van der Waals surface area contributed by atoms with E-state index in [-0.39, 0.29) is 6.09 Å². The molecule has 2 fully saturated rings. The normalized spacial score (nSPS) is 20.4. The maximum absolute atomic E-state index is 11.8. The molecular weight excluding hydrogens is 312 g/mol. The molecule has 1 aromatic rings. The summed E-state index contributed by atoms with van der Waals surface area (Å²) in [6, 6.07) is 11.1. The number of hydrogen-bond donors (Lipinski definition) is 1. The first-order valence-corrected chi connectivity index (χ1v) is 9.74. The average Bonchev–Trinajstić information content (AvgIpc) is 2.59. The molecule has 1 saturated heterocycles. The Balaban J connectivity index is 1.33.